The van der Waals surface area contributed by atoms with Crippen LogP contribution in [-0.4, -0.2) is 29.9 Å². The first-order chi connectivity index (χ1) is 32.1. The molecule has 6 nitrogen and oxygen atoms in total. The fraction of sp³-hybridized carbons (Fsp3) is 0.0169. The number of para-hydroxylation sites is 6. The van der Waals surface area contributed by atoms with Crippen LogP contribution in [0.1, 0.15) is 12.5 Å². The van der Waals surface area contributed by atoms with Gasteiger partial charge in [-0.05, 0) is 85.3 Å². The van der Waals surface area contributed by atoms with E-state index in [0.717, 1.165) is 66.3 Å². The van der Waals surface area contributed by atoms with Crippen molar-refractivity contribution in [3.8, 4) is 11.4 Å². The third-order valence-electron chi connectivity index (χ3n) is 13.1. The molecule has 9 aromatic carbocycles. The van der Waals surface area contributed by atoms with Crippen LogP contribution in [0.15, 0.2) is 229 Å². The van der Waals surface area contributed by atoms with Gasteiger partial charge in [-0.1, -0.05) is 146 Å². The van der Waals surface area contributed by atoms with Gasteiger partial charge in [-0.15, -0.1) is 0 Å². The summed E-state index contributed by atoms with van der Waals surface area (Å²) in [5, 5.41) is 9.42. The Kier molecular flexibility index (Phi) is 8.17. The molecule has 0 N–H and O–H groups in total. The first-order valence-electron chi connectivity index (χ1n) is 22.0. The number of nitrogens with zero attached hydrogens (tertiary/aromatic N) is 6. The van der Waals surface area contributed by atoms with Gasteiger partial charge in [0.1, 0.15) is 5.82 Å². The summed E-state index contributed by atoms with van der Waals surface area (Å²) < 4.78 is 9.13. The van der Waals surface area contributed by atoms with Crippen molar-refractivity contribution in [2.45, 2.75) is 6.92 Å². The van der Waals surface area contributed by atoms with E-state index >= 15 is 0 Å². The zero-order valence-electron chi connectivity index (χ0n) is 35.6. The van der Waals surface area contributed by atoms with Crippen LogP contribution >= 0.6 is 0 Å². The molecular formula is C59H40N6. The monoisotopic (exact) mass is 832 g/mol. The van der Waals surface area contributed by atoms with Crippen LogP contribution in [0, 0.1) is 0 Å². The van der Waals surface area contributed by atoms with E-state index in [1.54, 1.807) is 0 Å². The van der Waals surface area contributed by atoms with Crippen molar-refractivity contribution in [2.75, 3.05) is 0 Å². The van der Waals surface area contributed by atoms with Gasteiger partial charge >= 0.3 is 0 Å². The summed E-state index contributed by atoms with van der Waals surface area (Å²) in [4.78, 5) is 10.9. The molecule has 0 saturated carbocycles. The van der Waals surface area contributed by atoms with Gasteiger partial charge in [-0.3, -0.25) is 9.13 Å². The lowest BCUT2D eigenvalue weighted by atomic mass is 10.1. The average Bonchev–Trinajstić information content (AvgIpc) is 4.09. The summed E-state index contributed by atoms with van der Waals surface area (Å²) in [6.07, 6.45) is 0. The lowest BCUT2D eigenvalue weighted by Gasteiger charge is -2.13. The van der Waals surface area contributed by atoms with Gasteiger partial charge in [0.25, 0.3) is 0 Å². The number of hydrogen-bond donors (Lipinski definition) is 0. The second kappa shape index (κ2) is 14.4. The van der Waals surface area contributed by atoms with Gasteiger partial charge in [0.2, 0.25) is 5.96 Å². The Morgan fingerprint density at radius 2 is 0.677 bits per heavy atom. The standard InChI is InChI=1S/C59H40N6/c1-38(40-18-4-3-5-19-40)60-59(65-56-31-17-11-25-48(56)50-37-42(33-35-58(50)65)64-54-29-15-8-22-45(54)46-23-9-16-30-55(46)64)61-39(2)62-51-26-12-10-24-47(51)49-36-41(32-34-57(49)62)63-52-27-13-6-20-43(52)44-21-7-14-28-53(44)63/h3-37H,2H2,1H3/b60-38+,61-59+. The lowest BCUT2D eigenvalue weighted by molar-refractivity contribution is 1.14. The topological polar surface area (TPSA) is 44.4 Å². The number of benzene rings is 9. The quantitative estimate of drug-likeness (QED) is 0.122. The fourth-order valence-corrected chi connectivity index (χ4v) is 10.3. The first-order valence-corrected chi connectivity index (χ1v) is 22.0. The van der Waals surface area contributed by atoms with Crippen molar-refractivity contribution in [1.29, 1.82) is 0 Å². The van der Waals surface area contributed by atoms with Gasteiger partial charge in [-0.2, -0.15) is 4.99 Å². The largest absolute Gasteiger partial charge is 0.309 e. The molecule has 4 aromatic heterocycles. The molecule has 0 fully saturated rings. The molecular weight excluding hydrogens is 793 g/mol. The summed E-state index contributed by atoms with van der Waals surface area (Å²) in [7, 11) is 0. The summed E-state index contributed by atoms with van der Waals surface area (Å²) in [5.41, 5.74) is 12.8. The molecule has 4 heterocycles. The zero-order valence-corrected chi connectivity index (χ0v) is 35.6. The van der Waals surface area contributed by atoms with E-state index in [4.69, 9.17) is 16.6 Å². The Bertz CT molecular complexity index is 4040. The van der Waals surface area contributed by atoms with Gasteiger partial charge < -0.3 is 9.13 Å². The Balaban J connectivity index is 1.03. The molecule has 0 aliphatic rings. The van der Waals surface area contributed by atoms with Crippen molar-refractivity contribution < 1.29 is 0 Å². The minimum Gasteiger partial charge on any atom is -0.309 e. The van der Waals surface area contributed by atoms with Crippen molar-refractivity contribution in [1.82, 2.24) is 18.3 Å². The molecule has 0 aliphatic carbocycles. The van der Waals surface area contributed by atoms with Gasteiger partial charge in [0.15, 0.2) is 0 Å². The normalized spacial score (nSPS) is 12.6. The SMILES string of the molecule is C=C(/N=C(\N=C(/C)c1ccccc1)n1c2ccccc2c2cc(-n3c4ccccc4c4ccccc43)ccc21)n1c2ccccc2c2cc(-n3c4ccccc4c4ccccc43)ccc21. The van der Waals surface area contributed by atoms with E-state index in [1.165, 1.54) is 43.6 Å². The maximum absolute atomic E-state index is 5.49. The highest BCUT2D eigenvalue weighted by Crippen LogP contribution is 2.39. The number of rotatable bonds is 5. The molecule has 0 radical (unpaired) electrons. The number of hydrogen-bond acceptors (Lipinski definition) is 1. The van der Waals surface area contributed by atoms with E-state index in [9.17, 15) is 0 Å². The maximum atomic E-state index is 5.49. The average molecular weight is 833 g/mol. The van der Waals surface area contributed by atoms with Crippen molar-refractivity contribution in [3.05, 3.63) is 224 Å². The highest BCUT2D eigenvalue weighted by Gasteiger charge is 2.21. The summed E-state index contributed by atoms with van der Waals surface area (Å²) in [6, 6.07) is 75.5. The molecule has 6 heteroatoms. The Morgan fingerprint density at radius 1 is 0.338 bits per heavy atom. The molecule has 0 unspecified atom stereocenters. The highest BCUT2D eigenvalue weighted by molar-refractivity contribution is 6.19. The second-order valence-corrected chi connectivity index (χ2v) is 16.7. The number of aromatic nitrogens is 4. The van der Waals surface area contributed by atoms with Crippen molar-refractivity contribution in [3.63, 3.8) is 0 Å². The van der Waals surface area contributed by atoms with Crippen LogP contribution < -0.4 is 0 Å². The van der Waals surface area contributed by atoms with Crippen LogP contribution in [0.4, 0.5) is 0 Å². The maximum Gasteiger partial charge on any atom is 0.236 e. The van der Waals surface area contributed by atoms with E-state index in [1.807, 2.05) is 18.2 Å². The van der Waals surface area contributed by atoms with Gasteiger partial charge in [0, 0.05) is 60.2 Å². The fourth-order valence-electron chi connectivity index (χ4n) is 10.3. The molecule has 0 amide bonds. The van der Waals surface area contributed by atoms with E-state index < -0.39 is 0 Å². The van der Waals surface area contributed by atoms with Crippen molar-refractivity contribution in [2.24, 2.45) is 9.98 Å². The van der Waals surface area contributed by atoms with Crippen LogP contribution in [0.2, 0.25) is 0 Å². The van der Waals surface area contributed by atoms with Crippen molar-refractivity contribution >= 4 is 105 Å². The third-order valence-corrected chi connectivity index (χ3v) is 13.1. The highest BCUT2D eigenvalue weighted by atomic mass is 15.2. The summed E-state index contributed by atoms with van der Waals surface area (Å²) in [6.45, 7) is 6.79. The van der Waals surface area contributed by atoms with Crippen LogP contribution in [0.5, 0.6) is 0 Å². The second-order valence-electron chi connectivity index (χ2n) is 16.7. The predicted octanol–water partition coefficient (Wildman–Crippen LogP) is 14.9. The third kappa shape index (κ3) is 5.60. The van der Waals surface area contributed by atoms with Crippen LogP contribution in [-0.2, 0) is 0 Å². The molecule has 0 saturated heterocycles. The Labute approximate surface area is 374 Å². The van der Waals surface area contributed by atoms with E-state index in [2.05, 4.69) is 219 Å². The molecule has 306 valence electrons. The first kappa shape index (κ1) is 36.9. The van der Waals surface area contributed by atoms with E-state index in [-0.39, 0.29) is 0 Å². The molecule has 0 spiro atoms. The summed E-state index contributed by atoms with van der Waals surface area (Å²) >= 11 is 0. The van der Waals surface area contributed by atoms with Gasteiger partial charge in [-0.25, -0.2) is 4.99 Å². The minimum absolute atomic E-state index is 0.528. The Hall–Kier alpha value is -8.74. The smallest absolute Gasteiger partial charge is 0.236 e. The minimum atomic E-state index is 0.528. The molecule has 13 aromatic rings. The number of fused-ring (bicyclic) bond motifs is 12. The molecule has 0 bridgehead atoms. The van der Waals surface area contributed by atoms with E-state index in [0.29, 0.717) is 11.8 Å². The zero-order chi connectivity index (χ0) is 43.2. The Morgan fingerprint density at radius 3 is 1.12 bits per heavy atom. The molecule has 0 atom stereocenters. The molecule has 0 aliphatic heterocycles. The van der Waals surface area contributed by atoms with Crippen LogP contribution in [0.25, 0.3) is 104 Å². The molecule has 65 heavy (non-hydrogen) atoms. The summed E-state index contributed by atoms with van der Waals surface area (Å²) in [5.74, 6) is 1.09. The predicted molar refractivity (Wildman–Crippen MR) is 274 cm³/mol. The lowest BCUT2D eigenvalue weighted by Crippen LogP contribution is -2.13. The van der Waals surface area contributed by atoms with Crippen LogP contribution in [0.3, 0.4) is 0 Å². The number of aliphatic imine (C=N–C) groups is 2. The van der Waals surface area contributed by atoms with Gasteiger partial charge in [0.05, 0.1) is 44.1 Å². The molecule has 13 rings (SSSR count).